The number of imidazole rings is 1. The molecule has 6 rings (SSSR count). The smallest absolute Gasteiger partial charge is 0.227 e. The Labute approximate surface area is 245 Å². The van der Waals surface area contributed by atoms with Gasteiger partial charge in [0.05, 0.1) is 18.4 Å². The van der Waals surface area contributed by atoms with Gasteiger partial charge in [0, 0.05) is 24.9 Å². The second kappa shape index (κ2) is 12.5. The van der Waals surface area contributed by atoms with Crippen LogP contribution in [0.1, 0.15) is 68.5 Å². The first-order chi connectivity index (χ1) is 20.5. The van der Waals surface area contributed by atoms with Crippen molar-refractivity contribution in [3.63, 3.8) is 0 Å². The molecule has 4 aromatic rings. The molecular weight excluding hydrogens is 530 g/mol. The number of aromatic nitrogens is 4. The number of amides is 1. The number of rotatable bonds is 10. The Morgan fingerprint density at radius 1 is 0.976 bits per heavy atom. The zero-order valence-corrected chi connectivity index (χ0v) is 23.9. The number of aliphatic hydroxyl groups excluding tert-OH is 2. The normalized spacial score (nSPS) is 22.6. The summed E-state index contributed by atoms with van der Waals surface area (Å²) in [7, 11) is 0. The molecule has 2 aromatic carbocycles. The fourth-order valence-electron chi connectivity index (χ4n) is 6.33. The highest BCUT2D eigenvalue weighted by Gasteiger charge is 2.43. The standard InChI is InChI=1S/C32H39N7O3/c1-2-26(40)36-24-17-25(29(42)28(24)41)39-19-34-27-30(37-32(38-31(27)39)35-22-15-9-10-16-22)33-18-23(20-11-5-3-6-12-20)21-13-7-4-8-14-21/h3-8,11-14,19,22-25,28-29,41-42H,2,9-10,15-18H2,1H3,(H,36,40)(H2,33,35,37,38)/t24-,25+,28+,29-/m0/s1. The molecule has 2 aliphatic rings. The van der Waals surface area contributed by atoms with Crippen molar-refractivity contribution in [3.8, 4) is 0 Å². The second-order valence-electron chi connectivity index (χ2n) is 11.4. The summed E-state index contributed by atoms with van der Waals surface area (Å²) in [5, 5.41) is 31.7. The van der Waals surface area contributed by atoms with Gasteiger partial charge in [0.15, 0.2) is 17.0 Å². The Morgan fingerprint density at radius 3 is 2.29 bits per heavy atom. The molecule has 2 heterocycles. The molecule has 2 aliphatic carbocycles. The van der Waals surface area contributed by atoms with Gasteiger partial charge in [0.1, 0.15) is 12.2 Å². The van der Waals surface area contributed by atoms with Gasteiger partial charge in [-0.05, 0) is 30.4 Å². The first kappa shape index (κ1) is 28.1. The highest BCUT2D eigenvalue weighted by atomic mass is 16.3. The molecule has 2 saturated carbocycles. The third-order valence-corrected chi connectivity index (χ3v) is 8.66. The molecule has 220 valence electrons. The molecule has 42 heavy (non-hydrogen) atoms. The summed E-state index contributed by atoms with van der Waals surface area (Å²) in [6.07, 6.45) is 4.65. The van der Waals surface area contributed by atoms with Crippen molar-refractivity contribution in [1.82, 2.24) is 24.8 Å². The largest absolute Gasteiger partial charge is 0.388 e. The molecule has 0 spiro atoms. The summed E-state index contributed by atoms with van der Waals surface area (Å²) >= 11 is 0. The van der Waals surface area contributed by atoms with Crippen LogP contribution < -0.4 is 16.0 Å². The van der Waals surface area contributed by atoms with Crippen LogP contribution >= 0.6 is 0 Å². The number of aliphatic hydroxyl groups is 2. The summed E-state index contributed by atoms with van der Waals surface area (Å²) < 4.78 is 1.82. The van der Waals surface area contributed by atoms with E-state index in [4.69, 9.17) is 9.97 Å². The number of nitrogens with zero attached hydrogens (tertiary/aromatic N) is 4. The van der Waals surface area contributed by atoms with Gasteiger partial charge in [-0.3, -0.25) is 4.79 Å². The number of nitrogens with one attached hydrogen (secondary N) is 3. The third kappa shape index (κ3) is 5.82. The first-order valence-corrected chi connectivity index (χ1v) is 15.0. The van der Waals surface area contributed by atoms with Crippen LogP contribution in [0.25, 0.3) is 11.2 Å². The quantitative estimate of drug-likeness (QED) is 0.193. The van der Waals surface area contributed by atoms with E-state index in [9.17, 15) is 15.0 Å². The summed E-state index contributed by atoms with van der Waals surface area (Å²) in [6.45, 7) is 2.35. The maximum Gasteiger partial charge on any atom is 0.227 e. The van der Waals surface area contributed by atoms with Gasteiger partial charge < -0.3 is 30.7 Å². The molecule has 0 aliphatic heterocycles. The highest BCUT2D eigenvalue weighted by molar-refractivity contribution is 5.84. The molecule has 0 saturated heterocycles. The molecule has 0 unspecified atom stereocenters. The van der Waals surface area contributed by atoms with Crippen molar-refractivity contribution < 1.29 is 15.0 Å². The fourth-order valence-corrected chi connectivity index (χ4v) is 6.33. The Hall–Kier alpha value is -4.02. The van der Waals surface area contributed by atoms with Crippen molar-refractivity contribution in [2.45, 2.75) is 81.7 Å². The van der Waals surface area contributed by atoms with Crippen LogP contribution in [0.4, 0.5) is 11.8 Å². The van der Waals surface area contributed by atoms with E-state index < -0.39 is 24.3 Å². The minimum atomic E-state index is -1.09. The minimum Gasteiger partial charge on any atom is -0.388 e. The van der Waals surface area contributed by atoms with Gasteiger partial charge in [0.25, 0.3) is 0 Å². The number of anilines is 2. The maximum atomic E-state index is 12.1. The summed E-state index contributed by atoms with van der Waals surface area (Å²) in [5.41, 5.74) is 3.55. The molecular formula is C32H39N7O3. The lowest BCUT2D eigenvalue weighted by molar-refractivity contribution is -0.122. The van der Waals surface area contributed by atoms with Crippen LogP contribution in [0.15, 0.2) is 67.0 Å². The average molecular weight is 570 g/mol. The van der Waals surface area contributed by atoms with Gasteiger partial charge in [-0.25, -0.2) is 4.98 Å². The Morgan fingerprint density at radius 2 is 1.64 bits per heavy atom. The maximum absolute atomic E-state index is 12.1. The molecule has 2 fully saturated rings. The van der Waals surface area contributed by atoms with Crippen LogP contribution in [0, 0.1) is 0 Å². The minimum absolute atomic E-state index is 0.0838. The first-order valence-electron chi connectivity index (χ1n) is 15.0. The van der Waals surface area contributed by atoms with E-state index in [1.165, 1.54) is 24.0 Å². The lowest BCUT2D eigenvalue weighted by Crippen LogP contribution is -2.42. The van der Waals surface area contributed by atoms with Crippen LogP contribution in [0.2, 0.25) is 0 Å². The van der Waals surface area contributed by atoms with Crippen molar-refractivity contribution in [1.29, 1.82) is 0 Å². The predicted molar refractivity (Wildman–Crippen MR) is 162 cm³/mol. The Bertz CT molecular complexity index is 1450. The zero-order chi connectivity index (χ0) is 29.1. The van der Waals surface area contributed by atoms with Gasteiger partial charge in [-0.1, -0.05) is 80.4 Å². The molecule has 2 aromatic heterocycles. The zero-order valence-electron chi connectivity index (χ0n) is 23.9. The number of benzene rings is 2. The van der Waals surface area contributed by atoms with Crippen molar-refractivity contribution >= 4 is 28.8 Å². The number of carbonyl (C=O) groups is 1. The van der Waals surface area contributed by atoms with E-state index in [-0.39, 0.29) is 11.8 Å². The number of hydrogen-bond acceptors (Lipinski definition) is 8. The fraction of sp³-hybridized carbons (Fsp3) is 0.438. The lowest BCUT2D eigenvalue weighted by atomic mass is 9.91. The van der Waals surface area contributed by atoms with Crippen LogP contribution in [-0.4, -0.2) is 66.5 Å². The average Bonchev–Trinajstić information content (AvgIpc) is 3.75. The third-order valence-electron chi connectivity index (χ3n) is 8.66. The van der Waals surface area contributed by atoms with Crippen molar-refractivity contribution in [2.24, 2.45) is 0 Å². The Balaban J connectivity index is 1.34. The number of carbonyl (C=O) groups excluding carboxylic acids is 1. The van der Waals surface area contributed by atoms with Crippen molar-refractivity contribution in [3.05, 3.63) is 78.1 Å². The van der Waals surface area contributed by atoms with Gasteiger partial charge in [-0.15, -0.1) is 0 Å². The van der Waals surface area contributed by atoms with E-state index >= 15 is 0 Å². The molecule has 0 bridgehead atoms. The molecule has 0 radical (unpaired) electrons. The van der Waals surface area contributed by atoms with E-state index in [0.717, 1.165) is 12.8 Å². The van der Waals surface area contributed by atoms with Crippen molar-refractivity contribution in [2.75, 3.05) is 17.2 Å². The summed E-state index contributed by atoms with van der Waals surface area (Å²) in [4.78, 5) is 26.5. The van der Waals surface area contributed by atoms with E-state index in [1.54, 1.807) is 13.3 Å². The van der Waals surface area contributed by atoms with Gasteiger partial charge in [-0.2, -0.15) is 9.97 Å². The molecule has 1 amide bonds. The number of hydrogen-bond donors (Lipinski definition) is 5. The Kier molecular flexibility index (Phi) is 8.34. The van der Waals surface area contributed by atoms with E-state index in [2.05, 4.69) is 69.5 Å². The van der Waals surface area contributed by atoms with E-state index in [1.807, 2.05) is 16.7 Å². The lowest BCUT2D eigenvalue weighted by Gasteiger charge is -2.21. The second-order valence-corrected chi connectivity index (χ2v) is 11.4. The SMILES string of the molecule is CCC(=O)N[C@H]1C[C@@H](n2cnc3c(NCC(c4ccccc4)c4ccccc4)nc(NC4CCCC4)nc32)[C@H](O)[C@@H]1O. The van der Waals surface area contributed by atoms with E-state index in [0.29, 0.717) is 48.4 Å². The molecule has 4 atom stereocenters. The molecule has 5 N–H and O–H groups in total. The topological polar surface area (TPSA) is 137 Å². The van der Waals surface area contributed by atoms with Crippen LogP contribution in [-0.2, 0) is 4.79 Å². The van der Waals surface area contributed by atoms with Gasteiger partial charge in [0.2, 0.25) is 11.9 Å². The molecule has 10 nitrogen and oxygen atoms in total. The van der Waals surface area contributed by atoms with Crippen LogP contribution in [0.5, 0.6) is 0 Å². The summed E-state index contributed by atoms with van der Waals surface area (Å²) in [5.74, 6) is 1.05. The van der Waals surface area contributed by atoms with Gasteiger partial charge >= 0.3 is 0 Å². The highest BCUT2D eigenvalue weighted by Crippen LogP contribution is 2.35. The predicted octanol–water partition coefficient (Wildman–Crippen LogP) is 3.99. The van der Waals surface area contributed by atoms with Crippen LogP contribution in [0.3, 0.4) is 0 Å². The molecule has 10 heteroatoms. The monoisotopic (exact) mass is 569 g/mol. The summed E-state index contributed by atoms with van der Waals surface area (Å²) in [6, 6.07) is 20.0. The number of fused-ring (bicyclic) bond motifs is 1.